The van der Waals surface area contributed by atoms with Gasteiger partial charge in [-0.15, -0.1) is 0 Å². The van der Waals surface area contributed by atoms with E-state index in [0.717, 1.165) is 37.4 Å². The van der Waals surface area contributed by atoms with Gasteiger partial charge >= 0.3 is 0 Å². The first-order chi connectivity index (χ1) is 8.61. The van der Waals surface area contributed by atoms with Gasteiger partial charge in [0.05, 0.1) is 12.8 Å². The third-order valence-electron chi connectivity index (χ3n) is 3.44. The number of rotatable bonds is 3. The van der Waals surface area contributed by atoms with Crippen LogP contribution in [-0.4, -0.2) is 26.1 Å². The summed E-state index contributed by atoms with van der Waals surface area (Å²) in [7, 11) is 1.63. The lowest BCUT2D eigenvalue weighted by Gasteiger charge is -2.33. The van der Waals surface area contributed by atoms with E-state index in [2.05, 4.69) is 4.90 Å². The Kier molecular flexibility index (Phi) is 3.60. The molecule has 0 radical (unpaired) electrons. The third kappa shape index (κ3) is 2.50. The van der Waals surface area contributed by atoms with E-state index >= 15 is 0 Å². The Bertz CT molecular complexity index is 440. The molecule has 0 bridgehead atoms. The first-order valence-corrected chi connectivity index (χ1v) is 6.09. The van der Waals surface area contributed by atoms with Crippen LogP contribution in [0.2, 0.25) is 0 Å². The lowest BCUT2D eigenvalue weighted by atomic mass is 9.96. The number of ether oxygens (including phenoxy) is 1. The predicted octanol–water partition coefficient (Wildman–Crippen LogP) is 0.979. The van der Waals surface area contributed by atoms with E-state index < -0.39 is 0 Å². The second-order valence-electron chi connectivity index (χ2n) is 4.59. The maximum Gasteiger partial charge on any atom is 0.220 e. The van der Waals surface area contributed by atoms with Crippen molar-refractivity contribution in [2.75, 3.05) is 30.8 Å². The highest BCUT2D eigenvalue weighted by molar-refractivity contribution is 5.77. The van der Waals surface area contributed by atoms with Crippen molar-refractivity contribution < 1.29 is 9.53 Å². The quantitative estimate of drug-likeness (QED) is 0.782. The van der Waals surface area contributed by atoms with E-state index in [1.54, 1.807) is 7.11 Å². The number of methoxy groups -OCH3 is 1. The second kappa shape index (κ2) is 5.16. The van der Waals surface area contributed by atoms with Crippen molar-refractivity contribution in [3.63, 3.8) is 0 Å². The number of benzene rings is 1. The van der Waals surface area contributed by atoms with Crippen LogP contribution in [0, 0.1) is 5.92 Å². The predicted molar refractivity (Wildman–Crippen MR) is 71.5 cm³/mol. The minimum Gasteiger partial charge on any atom is -0.495 e. The van der Waals surface area contributed by atoms with Crippen LogP contribution in [0.25, 0.3) is 0 Å². The van der Waals surface area contributed by atoms with Crippen LogP contribution >= 0.6 is 0 Å². The first kappa shape index (κ1) is 12.5. The Morgan fingerprint density at radius 1 is 1.39 bits per heavy atom. The molecule has 1 aliphatic rings. The summed E-state index contributed by atoms with van der Waals surface area (Å²) in [6, 6.07) is 5.63. The highest BCUT2D eigenvalue weighted by Crippen LogP contribution is 2.32. The summed E-state index contributed by atoms with van der Waals surface area (Å²) in [5.74, 6) is 0.576. The van der Waals surface area contributed by atoms with Crippen LogP contribution in [0.15, 0.2) is 18.2 Å². The maximum absolute atomic E-state index is 11.1. The molecule has 1 saturated heterocycles. The number of piperidine rings is 1. The third-order valence-corrected chi connectivity index (χ3v) is 3.44. The lowest BCUT2D eigenvalue weighted by molar-refractivity contribution is -0.122. The number of anilines is 2. The van der Waals surface area contributed by atoms with Gasteiger partial charge in [0.2, 0.25) is 5.91 Å². The van der Waals surface area contributed by atoms with Crippen molar-refractivity contribution in [1.29, 1.82) is 0 Å². The highest BCUT2D eigenvalue weighted by atomic mass is 16.5. The number of nitrogen functional groups attached to an aromatic ring is 1. The lowest BCUT2D eigenvalue weighted by Crippen LogP contribution is -2.38. The van der Waals surface area contributed by atoms with Crippen molar-refractivity contribution in [2.24, 2.45) is 11.7 Å². The second-order valence-corrected chi connectivity index (χ2v) is 4.59. The van der Waals surface area contributed by atoms with E-state index in [9.17, 15) is 4.79 Å². The van der Waals surface area contributed by atoms with Gasteiger partial charge in [0, 0.05) is 30.8 Å². The fourth-order valence-corrected chi connectivity index (χ4v) is 2.36. The van der Waals surface area contributed by atoms with Crippen molar-refractivity contribution in [3.05, 3.63) is 18.2 Å². The molecule has 0 saturated carbocycles. The molecule has 0 unspecified atom stereocenters. The number of nitrogens with zero attached hydrogens (tertiary/aromatic N) is 1. The Morgan fingerprint density at radius 3 is 2.61 bits per heavy atom. The van der Waals surface area contributed by atoms with Gasteiger partial charge in [-0.05, 0) is 25.0 Å². The molecule has 1 fully saturated rings. The average molecular weight is 249 g/mol. The largest absolute Gasteiger partial charge is 0.495 e. The standard InChI is InChI=1S/C13H19N3O2/c1-18-12-8-10(14)2-3-11(12)16-6-4-9(5-7-16)13(15)17/h2-3,8-9H,4-7,14H2,1H3,(H2,15,17). The Morgan fingerprint density at radius 2 is 2.06 bits per heavy atom. The zero-order chi connectivity index (χ0) is 13.1. The molecule has 0 aliphatic carbocycles. The molecule has 1 aromatic rings. The molecule has 4 N–H and O–H groups in total. The SMILES string of the molecule is COc1cc(N)ccc1N1CCC(C(N)=O)CC1. The van der Waals surface area contributed by atoms with E-state index in [-0.39, 0.29) is 11.8 Å². The first-order valence-electron chi connectivity index (χ1n) is 6.09. The molecule has 5 nitrogen and oxygen atoms in total. The van der Waals surface area contributed by atoms with Crippen LogP contribution in [0.3, 0.4) is 0 Å². The molecule has 0 aromatic heterocycles. The Balaban J connectivity index is 2.12. The molecule has 1 aliphatic heterocycles. The number of amides is 1. The van der Waals surface area contributed by atoms with Crippen molar-refractivity contribution in [1.82, 2.24) is 0 Å². The zero-order valence-corrected chi connectivity index (χ0v) is 10.6. The Hall–Kier alpha value is -1.91. The van der Waals surface area contributed by atoms with E-state index in [4.69, 9.17) is 16.2 Å². The molecule has 18 heavy (non-hydrogen) atoms. The summed E-state index contributed by atoms with van der Waals surface area (Å²) in [6.45, 7) is 1.63. The van der Waals surface area contributed by atoms with Gasteiger partial charge in [0.25, 0.3) is 0 Å². The molecule has 2 rings (SSSR count). The van der Waals surface area contributed by atoms with Crippen molar-refractivity contribution >= 4 is 17.3 Å². The normalized spacial score (nSPS) is 16.6. The monoisotopic (exact) mass is 249 g/mol. The molecule has 5 heteroatoms. The summed E-state index contributed by atoms with van der Waals surface area (Å²) in [6.07, 6.45) is 1.59. The van der Waals surface area contributed by atoms with E-state index in [1.807, 2.05) is 18.2 Å². The average Bonchev–Trinajstić information content (AvgIpc) is 2.38. The van der Waals surface area contributed by atoms with E-state index in [1.165, 1.54) is 0 Å². The number of carbonyl (C=O) groups excluding carboxylic acids is 1. The molecular formula is C13H19N3O2. The number of primary amides is 1. The fourth-order valence-electron chi connectivity index (χ4n) is 2.36. The highest BCUT2D eigenvalue weighted by Gasteiger charge is 2.24. The zero-order valence-electron chi connectivity index (χ0n) is 10.6. The van der Waals surface area contributed by atoms with Gasteiger partial charge in [-0.3, -0.25) is 4.79 Å². The smallest absolute Gasteiger partial charge is 0.220 e. The van der Waals surface area contributed by atoms with Crippen molar-refractivity contribution in [2.45, 2.75) is 12.8 Å². The minimum absolute atomic E-state index is 0.000951. The summed E-state index contributed by atoms with van der Waals surface area (Å²) in [5.41, 5.74) is 12.8. The van der Waals surface area contributed by atoms with Gasteiger partial charge in [-0.25, -0.2) is 0 Å². The van der Waals surface area contributed by atoms with Crippen LogP contribution < -0.4 is 21.1 Å². The van der Waals surface area contributed by atoms with Gasteiger partial charge in [-0.2, -0.15) is 0 Å². The maximum atomic E-state index is 11.1. The molecule has 1 heterocycles. The minimum atomic E-state index is -0.195. The summed E-state index contributed by atoms with van der Waals surface area (Å²) in [4.78, 5) is 13.3. The number of nitrogens with two attached hydrogens (primary N) is 2. The molecule has 0 atom stereocenters. The van der Waals surface area contributed by atoms with Crippen LogP contribution in [0.5, 0.6) is 5.75 Å². The number of carbonyl (C=O) groups is 1. The number of hydrogen-bond acceptors (Lipinski definition) is 4. The summed E-state index contributed by atoms with van der Waals surface area (Å²) in [5, 5.41) is 0. The molecule has 1 amide bonds. The molecule has 1 aromatic carbocycles. The summed E-state index contributed by atoms with van der Waals surface area (Å²) >= 11 is 0. The van der Waals surface area contributed by atoms with Crippen LogP contribution in [-0.2, 0) is 4.79 Å². The van der Waals surface area contributed by atoms with Gasteiger partial charge < -0.3 is 21.1 Å². The fraction of sp³-hybridized carbons (Fsp3) is 0.462. The van der Waals surface area contributed by atoms with Crippen molar-refractivity contribution in [3.8, 4) is 5.75 Å². The topological polar surface area (TPSA) is 81.6 Å². The molecule has 0 spiro atoms. The Labute approximate surface area is 107 Å². The summed E-state index contributed by atoms with van der Waals surface area (Å²) < 4.78 is 5.34. The van der Waals surface area contributed by atoms with Gasteiger partial charge in [0.1, 0.15) is 5.75 Å². The van der Waals surface area contributed by atoms with Gasteiger partial charge in [0.15, 0.2) is 0 Å². The van der Waals surface area contributed by atoms with E-state index in [0.29, 0.717) is 5.69 Å². The van der Waals surface area contributed by atoms with Crippen LogP contribution in [0.1, 0.15) is 12.8 Å². The van der Waals surface area contributed by atoms with Gasteiger partial charge in [-0.1, -0.05) is 0 Å². The van der Waals surface area contributed by atoms with Crippen LogP contribution in [0.4, 0.5) is 11.4 Å². The molecular weight excluding hydrogens is 230 g/mol. The molecule has 98 valence electrons. The number of hydrogen-bond donors (Lipinski definition) is 2.